The summed E-state index contributed by atoms with van der Waals surface area (Å²) in [7, 11) is -2.26. The van der Waals surface area contributed by atoms with Gasteiger partial charge in [0.2, 0.25) is 5.91 Å². The van der Waals surface area contributed by atoms with Crippen LogP contribution in [0.5, 0.6) is 0 Å². The monoisotopic (exact) mass is 813 g/mol. The number of nitrogens with one attached hydrogen (secondary N) is 3. The summed E-state index contributed by atoms with van der Waals surface area (Å²) >= 11 is 6.79. The van der Waals surface area contributed by atoms with E-state index in [1.807, 2.05) is 79.7 Å². The Kier molecular flexibility index (Phi) is 12.9. The highest BCUT2D eigenvalue weighted by Crippen LogP contribution is 2.43. The van der Waals surface area contributed by atoms with E-state index in [-0.39, 0.29) is 57.0 Å². The highest BCUT2D eigenvalue weighted by molar-refractivity contribution is 6.62. The number of hydrogen-bond acceptors (Lipinski definition) is 9. The maximum atomic E-state index is 13.7. The van der Waals surface area contributed by atoms with E-state index in [0.717, 1.165) is 16.7 Å². The molecule has 300 valence electrons. The molecule has 5 aromatic rings. The number of fused-ring (bicyclic) bond motifs is 2. The maximum absolute atomic E-state index is 13.7. The molecule has 0 radical (unpaired) electrons. The van der Waals surface area contributed by atoms with Crippen molar-refractivity contribution in [2.45, 2.75) is 51.0 Å². The number of aryl methyl sites for hydroxylation is 1. The van der Waals surface area contributed by atoms with Crippen LogP contribution in [0.3, 0.4) is 0 Å². The minimum absolute atomic E-state index is 0.0276. The Morgan fingerprint density at radius 2 is 1.34 bits per heavy atom. The number of benzene rings is 5. The van der Waals surface area contributed by atoms with Crippen LogP contribution < -0.4 is 26.9 Å². The van der Waals surface area contributed by atoms with Gasteiger partial charge in [-0.3, -0.25) is 19.2 Å². The normalized spacial score (nSPS) is 14.4. The second-order valence-corrected chi connectivity index (χ2v) is 14.9. The van der Waals surface area contributed by atoms with E-state index >= 15 is 0 Å². The summed E-state index contributed by atoms with van der Waals surface area (Å²) in [5.41, 5.74) is 4.75. The average Bonchev–Trinajstić information content (AvgIpc) is 3.82. The van der Waals surface area contributed by atoms with E-state index < -0.39 is 43.7 Å². The first-order valence-corrected chi connectivity index (χ1v) is 19.7. The first-order valence-electron chi connectivity index (χ1n) is 19.3. The third kappa shape index (κ3) is 9.43. The molecule has 5 aromatic carbocycles. The van der Waals surface area contributed by atoms with Gasteiger partial charge in [0.25, 0.3) is 11.8 Å². The third-order valence-corrected chi connectivity index (χ3v) is 10.8. The van der Waals surface area contributed by atoms with Gasteiger partial charge in [0.1, 0.15) is 0 Å². The van der Waals surface area contributed by atoms with Gasteiger partial charge >= 0.3 is 20.2 Å². The van der Waals surface area contributed by atoms with Crippen molar-refractivity contribution < 1.29 is 43.3 Å². The molecule has 0 saturated heterocycles. The first-order chi connectivity index (χ1) is 28.5. The van der Waals surface area contributed by atoms with Crippen LogP contribution in [-0.2, 0) is 42.4 Å². The highest BCUT2D eigenvalue weighted by Gasteiger charge is 2.42. The number of carbonyl (C=O) groups is 4. The molecule has 3 amide bonds. The fraction of sp³-hybridized carbons (Fsp3) is 0.227. The highest BCUT2D eigenvalue weighted by atomic mass is 35.5. The van der Waals surface area contributed by atoms with Gasteiger partial charge in [-0.2, -0.15) is 0 Å². The fourth-order valence-corrected chi connectivity index (χ4v) is 7.57. The molecule has 2 aliphatic rings. The fourth-order valence-electron chi connectivity index (χ4n) is 7.30. The van der Waals surface area contributed by atoms with Crippen molar-refractivity contribution >= 4 is 60.5 Å². The van der Waals surface area contributed by atoms with E-state index in [4.69, 9.17) is 25.6 Å². The number of hydrogen-bond donors (Lipinski definition) is 5. The van der Waals surface area contributed by atoms with Gasteiger partial charge in [0.05, 0.1) is 19.6 Å². The lowest BCUT2D eigenvalue weighted by atomic mass is 9.78. The van der Waals surface area contributed by atoms with Crippen LogP contribution in [-0.4, -0.2) is 67.1 Å². The summed E-state index contributed by atoms with van der Waals surface area (Å²) in [6.45, 7) is 2.39. The number of esters is 1. The van der Waals surface area contributed by atoms with E-state index in [1.54, 1.807) is 42.5 Å². The molecule has 0 spiro atoms. The molecule has 2 heterocycles. The summed E-state index contributed by atoms with van der Waals surface area (Å²) in [4.78, 5) is 53.6. The lowest BCUT2D eigenvalue weighted by molar-refractivity contribution is -0.153. The van der Waals surface area contributed by atoms with Gasteiger partial charge in [-0.25, -0.2) is 0 Å². The second kappa shape index (κ2) is 18.4. The minimum atomic E-state index is -1.39. The van der Waals surface area contributed by atoms with Gasteiger partial charge < -0.3 is 40.0 Å². The summed E-state index contributed by atoms with van der Waals surface area (Å²) in [6.07, 6.45) is -0.0695. The van der Waals surface area contributed by atoms with Gasteiger partial charge in [-0.05, 0) is 65.7 Å². The summed E-state index contributed by atoms with van der Waals surface area (Å²) in [5, 5.41) is 29.2. The number of ether oxygens (including phenoxy) is 1. The van der Waals surface area contributed by atoms with E-state index in [9.17, 15) is 29.2 Å². The van der Waals surface area contributed by atoms with Crippen molar-refractivity contribution in [1.29, 1.82) is 0 Å². The smallest absolute Gasteiger partial charge is 0.444 e. The summed E-state index contributed by atoms with van der Waals surface area (Å²) < 4.78 is 16.9. The number of amides is 3. The van der Waals surface area contributed by atoms with Crippen LogP contribution in [0.15, 0.2) is 115 Å². The van der Waals surface area contributed by atoms with Gasteiger partial charge in [0, 0.05) is 58.4 Å². The lowest BCUT2D eigenvalue weighted by Gasteiger charge is -2.36. The van der Waals surface area contributed by atoms with Crippen molar-refractivity contribution in [2.75, 3.05) is 13.1 Å². The largest absolute Gasteiger partial charge is 0.491 e. The predicted molar refractivity (Wildman–Crippen MR) is 223 cm³/mol. The quantitative estimate of drug-likeness (QED) is 0.0604. The molecule has 2 atom stereocenters. The van der Waals surface area contributed by atoms with Gasteiger partial charge in [-0.1, -0.05) is 102 Å². The van der Waals surface area contributed by atoms with Crippen LogP contribution in [0.25, 0.3) is 0 Å². The van der Waals surface area contributed by atoms with Crippen LogP contribution in [0.4, 0.5) is 0 Å². The third-order valence-electron chi connectivity index (χ3n) is 10.5. The minimum Gasteiger partial charge on any atom is -0.444 e. The summed E-state index contributed by atoms with van der Waals surface area (Å²) in [5.74, 6) is -1.87. The van der Waals surface area contributed by atoms with Gasteiger partial charge in [0.15, 0.2) is 5.60 Å². The van der Waals surface area contributed by atoms with Crippen LogP contribution in [0, 0.1) is 6.92 Å². The van der Waals surface area contributed by atoms with Crippen LogP contribution in [0.2, 0.25) is 5.02 Å². The molecule has 59 heavy (non-hydrogen) atoms. The molecule has 5 N–H and O–H groups in total. The number of carbonyl (C=O) groups excluding carboxylic acids is 4. The molecule has 0 aliphatic carbocycles. The molecule has 12 nitrogen and oxygen atoms in total. The SMILES string of the molecule is Cc1ccc(C(OC(=O)CCNC(=O)CCC(CNC(=O)c2ccc3c(c2)B(O)OC3)NC(=O)c2ccc3c(c2)B(O)OC3)(c2ccccc2)c2ccccc2Cl)cc1. The molecule has 0 fully saturated rings. The van der Waals surface area contributed by atoms with Crippen molar-refractivity contribution in [3.63, 3.8) is 0 Å². The number of halogens is 1. The molecule has 7 rings (SSSR count). The van der Waals surface area contributed by atoms with Crippen molar-refractivity contribution in [2.24, 2.45) is 0 Å². The van der Waals surface area contributed by atoms with E-state index in [0.29, 0.717) is 38.2 Å². The predicted octanol–water partition coefficient (Wildman–Crippen LogP) is 3.43. The molecular formula is C44H42B2ClN3O9. The topological polar surface area (TPSA) is 173 Å². The zero-order valence-corrected chi connectivity index (χ0v) is 33.0. The zero-order chi connectivity index (χ0) is 41.5. The van der Waals surface area contributed by atoms with E-state index in [1.165, 1.54) is 0 Å². The average molecular weight is 814 g/mol. The Morgan fingerprint density at radius 3 is 1.98 bits per heavy atom. The van der Waals surface area contributed by atoms with Crippen LogP contribution in [0.1, 0.15) is 73.4 Å². The van der Waals surface area contributed by atoms with Crippen molar-refractivity contribution in [3.05, 3.63) is 165 Å². The Bertz CT molecular complexity index is 2350. The van der Waals surface area contributed by atoms with E-state index in [2.05, 4.69) is 16.0 Å². The second-order valence-electron chi connectivity index (χ2n) is 14.5. The molecule has 0 bridgehead atoms. The van der Waals surface area contributed by atoms with Crippen molar-refractivity contribution in [3.8, 4) is 0 Å². The Hall–Kier alpha value is -5.76. The van der Waals surface area contributed by atoms with Crippen molar-refractivity contribution in [1.82, 2.24) is 16.0 Å². The molecule has 2 aliphatic heterocycles. The summed E-state index contributed by atoms with van der Waals surface area (Å²) in [6, 6.07) is 33.4. The zero-order valence-electron chi connectivity index (χ0n) is 32.3. The lowest BCUT2D eigenvalue weighted by Crippen LogP contribution is -2.45. The maximum Gasteiger partial charge on any atom is 0.491 e. The molecule has 2 unspecified atom stereocenters. The molecular weight excluding hydrogens is 772 g/mol. The Labute approximate surface area is 347 Å². The Morgan fingerprint density at radius 1 is 0.746 bits per heavy atom. The Balaban J connectivity index is 1.01. The molecule has 0 aromatic heterocycles. The van der Waals surface area contributed by atoms with Gasteiger partial charge in [-0.15, -0.1) is 0 Å². The standard InChI is InChI=1S/C44H42B2ClN3O9/c1-28-11-17-34(18-12-28)44(33-7-3-2-4-8-33,36-9-5-6-10-39(36)47)59-41(52)21-22-48-40(51)20-19-35(50-43(54)30-14-16-32-27-58-46(56)38(32)24-30)25-49-42(53)29-13-15-31-26-57-45(55)37(31)23-29/h2-18,23-24,35,55-56H,19-22,25-27H2,1H3,(H,48,51)(H,49,53)(H,50,54). The number of rotatable bonds is 15. The van der Waals surface area contributed by atoms with Crippen LogP contribution >= 0.6 is 11.6 Å². The first kappa shape index (κ1) is 41.4. The molecule has 15 heteroatoms. The molecule has 0 saturated carbocycles.